The first-order valence-electron chi connectivity index (χ1n) is 11.7. The van der Waals surface area contributed by atoms with Gasteiger partial charge in [0.1, 0.15) is 17.5 Å². The summed E-state index contributed by atoms with van der Waals surface area (Å²) in [6.45, 7) is 8.35. The summed E-state index contributed by atoms with van der Waals surface area (Å²) in [4.78, 5) is 38.6. The normalized spacial score (nSPS) is 20.5. The van der Waals surface area contributed by atoms with Gasteiger partial charge in [-0.25, -0.2) is 4.79 Å². The zero-order chi connectivity index (χ0) is 26.1. The number of aryl methyl sites for hydroxylation is 1. The highest BCUT2D eigenvalue weighted by atomic mass is 19.4. The van der Waals surface area contributed by atoms with Crippen LogP contribution in [0.1, 0.15) is 77.5 Å². The fourth-order valence-corrected chi connectivity index (χ4v) is 4.34. The Kier molecular flexibility index (Phi) is 7.56. The molecule has 0 radical (unpaired) electrons. The van der Waals surface area contributed by atoms with Gasteiger partial charge < -0.3 is 20.1 Å². The molecule has 1 heterocycles. The van der Waals surface area contributed by atoms with Gasteiger partial charge in [0, 0.05) is 0 Å². The molecule has 1 aromatic carbocycles. The molecular weight excluding hydrogens is 467 g/mol. The number of carbonyl (C=O) groups excluding carboxylic acids is 3. The number of ether oxygens (including phenoxy) is 2. The number of benzene rings is 1. The number of hydrogen-bond donors (Lipinski definition) is 2. The van der Waals surface area contributed by atoms with Crippen LogP contribution in [0.2, 0.25) is 0 Å². The molecule has 2 N–H and O–H groups in total. The number of halogens is 3. The number of anilines is 1. The molecule has 3 unspecified atom stereocenters. The molecule has 3 atom stereocenters. The summed E-state index contributed by atoms with van der Waals surface area (Å²) in [5, 5.41) is 4.77. The topological polar surface area (TPSA) is 97.0 Å². The smallest absolute Gasteiger partial charge is 0.471 e. The largest absolute Gasteiger partial charge is 0.479 e. The van der Waals surface area contributed by atoms with Crippen LogP contribution in [0.5, 0.6) is 5.75 Å². The summed E-state index contributed by atoms with van der Waals surface area (Å²) >= 11 is 0. The lowest BCUT2D eigenvalue weighted by Crippen LogP contribution is -2.56. The second kappa shape index (κ2) is 9.94. The van der Waals surface area contributed by atoms with Crippen molar-refractivity contribution in [3.8, 4) is 5.75 Å². The van der Waals surface area contributed by atoms with Gasteiger partial charge in [0.05, 0.1) is 11.7 Å². The molecule has 35 heavy (non-hydrogen) atoms. The zero-order valence-corrected chi connectivity index (χ0v) is 20.5. The van der Waals surface area contributed by atoms with Gasteiger partial charge in [-0.2, -0.15) is 13.2 Å². The van der Waals surface area contributed by atoms with E-state index in [1.807, 2.05) is 5.32 Å². The number of amides is 3. The zero-order valence-electron chi connectivity index (χ0n) is 20.5. The summed E-state index contributed by atoms with van der Waals surface area (Å²) in [6, 6.07) is 2.81. The van der Waals surface area contributed by atoms with E-state index in [0.29, 0.717) is 42.7 Å². The Balaban J connectivity index is 2.07. The van der Waals surface area contributed by atoms with Crippen LogP contribution in [0.3, 0.4) is 0 Å². The molecule has 0 saturated carbocycles. The van der Waals surface area contributed by atoms with Gasteiger partial charge in [-0.05, 0) is 76.6 Å². The Morgan fingerprint density at radius 1 is 1.29 bits per heavy atom. The van der Waals surface area contributed by atoms with E-state index in [4.69, 9.17) is 9.47 Å². The number of hydrogen-bond acceptors (Lipinski definition) is 5. The lowest BCUT2D eigenvalue weighted by molar-refractivity contribution is -0.175. The molecule has 194 valence electrons. The quantitative estimate of drug-likeness (QED) is 0.566. The molecule has 0 aromatic heterocycles. The van der Waals surface area contributed by atoms with Crippen molar-refractivity contribution in [2.75, 3.05) is 5.32 Å². The minimum absolute atomic E-state index is 0.0925. The monoisotopic (exact) mass is 499 g/mol. The third-order valence-electron chi connectivity index (χ3n) is 5.85. The maximum atomic E-state index is 13.4. The fraction of sp³-hybridized carbons (Fsp3) is 0.625. The first-order valence-corrected chi connectivity index (χ1v) is 11.7. The van der Waals surface area contributed by atoms with E-state index in [1.54, 1.807) is 46.8 Å². The highest BCUT2D eigenvalue weighted by Gasteiger charge is 2.44. The highest BCUT2D eigenvalue weighted by molar-refractivity contribution is 5.97. The molecule has 1 aliphatic carbocycles. The van der Waals surface area contributed by atoms with Gasteiger partial charge in [0.15, 0.2) is 6.10 Å². The van der Waals surface area contributed by atoms with Gasteiger partial charge in [-0.3, -0.25) is 14.5 Å². The van der Waals surface area contributed by atoms with E-state index >= 15 is 0 Å². The molecule has 1 aliphatic heterocycles. The van der Waals surface area contributed by atoms with Crippen molar-refractivity contribution in [1.29, 1.82) is 0 Å². The molecule has 1 aromatic rings. The Hall–Kier alpha value is -2.98. The standard InChI is InChI=1S/C24H32F3N3O5/c1-6-8-19(29-21(32)24(25,26)27)30(22(33)35-23(3,4)5)17-10-7-9-14-11-18-16(12-15(14)17)28-20(31)13(2)34-18/h11-13,17,19H,6-10H2,1-5H3,(H,28,31)(H,29,32). The van der Waals surface area contributed by atoms with Gasteiger partial charge in [0.25, 0.3) is 5.91 Å². The Labute approximate surface area is 202 Å². The number of nitrogens with zero attached hydrogens (tertiary/aromatic N) is 1. The van der Waals surface area contributed by atoms with Crippen molar-refractivity contribution in [1.82, 2.24) is 10.2 Å². The first kappa shape index (κ1) is 26.6. The van der Waals surface area contributed by atoms with E-state index in [1.165, 1.54) is 4.90 Å². The van der Waals surface area contributed by atoms with Crippen LogP contribution >= 0.6 is 0 Å². The number of carbonyl (C=O) groups is 3. The van der Waals surface area contributed by atoms with Crippen LogP contribution in [-0.2, 0) is 20.7 Å². The minimum Gasteiger partial charge on any atom is -0.479 e. The molecule has 3 amide bonds. The van der Waals surface area contributed by atoms with Gasteiger partial charge in [0.2, 0.25) is 0 Å². The molecule has 0 spiro atoms. The Morgan fingerprint density at radius 3 is 2.57 bits per heavy atom. The van der Waals surface area contributed by atoms with Crippen molar-refractivity contribution in [3.05, 3.63) is 23.3 Å². The molecule has 11 heteroatoms. The van der Waals surface area contributed by atoms with E-state index in [9.17, 15) is 27.6 Å². The summed E-state index contributed by atoms with van der Waals surface area (Å²) < 4.78 is 50.6. The lowest BCUT2D eigenvalue weighted by Gasteiger charge is -2.42. The van der Waals surface area contributed by atoms with Crippen molar-refractivity contribution in [3.63, 3.8) is 0 Å². The molecule has 0 fully saturated rings. The molecule has 3 rings (SSSR count). The SMILES string of the molecule is CCCC(NC(=O)C(F)(F)F)N(C(=O)OC(C)(C)C)C1CCCc2cc3c(cc21)NC(=O)C(C)O3. The third-order valence-corrected chi connectivity index (χ3v) is 5.85. The Morgan fingerprint density at radius 2 is 1.97 bits per heavy atom. The molecule has 8 nitrogen and oxygen atoms in total. The predicted octanol–water partition coefficient (Wildman–Crippen LogP) is 4.83. The summed E-state index contributed by atoms with van der Waals surface area (Å²) in [5.74, 6) is -1.95. The van der Waals surface area contributed by atoms with Gasteiger partial charge in [-0.15, -0.1) is 0 Å². The first-order chi connectivity index (χ1) is 16.2. The third kappa shape index (κ3) is 6.18. The number of alkyl halides is 3. The van der Waals surface area contributed by atoms with Crippen molar-refractivity contribution < 1.29 is 37.0 Å². The average Bonchev–Trinajstić information content (AvgIpc) is 2.72. The summed E-state index contributed by atoms with van der Waals surface area (Å²) in [5.41, 5.74) is 1.04. The van der Waals surface area contributed by atoms with Crippen LogP contribution in [0.25, 0.3) is 0 Å². The second-order valence-electron chi connectivity index (χ2n) is 9.87. The van der Waals surface area contributed by atoms with Crippen LogP contribution in [0.15, 0.2) is 12.1 Å². The summed E-state index contributed by atoms with van der Waals surface area (Å²) in [6.07, 6.45) is -5.58. The predicted molar refractivity (Wildman–Crippen MR) is 122 cm³/mol. The average molecular weight is 500 g/mol. The summed E-state index contributed by atoms with van der Waals surface area (Å²) in [7, 11) is 0. The number of rotatable bonds is 5. The second-order valence-corrected chi connectivity index (χ2v) is 9.87. The number of fused-ring (bicyclic) bond motifs is 2. The molecular formula is C24H32F3N3O5. The number of nitrogens with one attached hydrogen (secondary N) is 2. The van der Waals surface area contributed by atoms with E-state index < -0.39 is 42.1 Å². The van der Waals surface area contributed by atoms with E-state index in [-0.39, 0.29) is 12.3 Å². The van der Waals surface area contributed by atoms with Crippen LogP contribution in [0, 0.1) is 0 Å². The molecule has 0 bridgehead atoms. The fourth-order valence-electron chi connectivity index (χ4n) is 4.34. The van der Waals surface area contributed by atoms with Crippen molar-refractivity contribution in [2.24, 2.45) is 0 Å². The minimum atomic E-state index is -5.10. The van der Waals surface area contributed by atoms with E-state index in [0.717, 1.165) is 5.56 Å². The Bertz CT molecular complexity index is 990. The highest BCUT2D eigenvalue weighted by Crippen LogP contribution is 2.42. The van der Waals surface area contributed by atoms with Crippen molar-refractivity contribution in [2.45, 2.75) is 96.8 Å². The van der Waals surface area contributed by atoms with E-state index in [2.05, 4.69) is 5.32 Å². The lowest BCUT2D eigenvalue weighted by atomic mass is 9.85. The van der Waals surface area contributed by atoms with Crippen molar-refractivity contribution >= 4 is 23.6 Å². The van der Waals surface area contributed by atoms with Gasteiger partial charge >= 0.3 is 18.2 Å². The van der Waals surface area contributed by atoms with Crippen LogP contribution < -0.4 is 15.4 Å². The molecule has 2 aliphatic rings. The van der Waals surface area contributed by atoms with Gasteiger partial charge in [-0.1, -0.05) is 13.3 Å². The maximum Gasteiger partial charge on any atom is 0.471 e. The van der Waals surface area contributed by atoms with Crippen LogP contribution in [-0.4, -0.2) is 46.9 Å². The molecule has 0 saturated heterocycles. The van der Waals surface area contributed by atoms with Crippen LogP contribution in [0.4, 0.5) is 23.7 Å². The maximum absolute atomic E-state index is 13.4.